The molecule has 3 rings (SSSR count). The summed E-state index contributed by atoms with van der Waals surface area (Å²) in [6.45, 7) is 0.722. The SMILES string of the molecule is NC1CCc2c(Cl)nc(-c3cccc(O)c3)n2C1. The second-order valence-corrected chi connectivity index (χ2v) is 4.99. The van der Waals surface area contributed by atoms with Crippen molar-refractivity contribution in [3.8, 4) is 17.1 Å². The third-order valence-corrected chi connectivity index (χ3v) is 3.60. The number of rotatable bonds is 1. The fourth-order valence-electron chi connectivity index (χ4n) is 2.41. The zero-order chi connectivity index (χ0) is 12.7. The summed E-state index contributed by atoms with van der Waals surface area (Å²) in [6, 6.07) is 7.16. The van der Waals surface area contributed by atoms with E-state index >= 15 is 0 Å². The van der Waals surface area contributed by atoms with Gasteiger partial charge in [0.2, 0.25) is 0 Å². The van der Waals surface area contributed by atoms with Crippen molar-refractivity contribution >= 4 is 11.6 Å². The van der Waals surface area contributed by atoms with Crippen LogP contribution >= 0.6 is 11.6 Å². The summed E-state index contributed by atoms with van der Waals surface area (Å²) >= 11 is 6.17. The van der Waals surface area contributed by atoms with Crippen LogP contribution in [0.3, 0.4) is 0 Å². The van der Waals surface area contributed by atoms with Gasteiger partial charge in [-0.3, -0.25) is 0 Å². The molecule has 0 bridgehead atoms. The molecule has 0 fully saturated rings. The van der Waals surface area contributed by atoms with E-state index in [-0.39, 0.29) is 11.8 Å². The fourth-order valence-corrected chi connectivity index (χ4v) is 2.68. The molecule has 4 nitrogen and oxygen atoms in total. The normalized spacial score (nSPS) is 18.7. The Bertz CT molecular complexity index is 594. The van der Waals surface area contributed by atoms with Gasteiger partial charge >= 0.3 is 0 Å². The van der Waals surface area contributed by atoms with Crippen LogP contribution in [0.4, 0.5) is 0 Å². The van der Waals surface area contributed by atoms with Crippen molar-refractivity contribution in [1.29, 1.82) is 0 Å². The first-order valence-corrected chi connectivity index (χ1v) is 6.33. The highest BCUT2D eigenvalue weighted by atomic mass is 35.5. The minimum absolute atomic E-state index is 0.138. The lowest BCUT2D eigenvalue weighted by molar-refractivity contribution is 0.463. The molecule has 2 aromatic rings. The molecular weight excluding hydrogens is 250 g/mol. The summed E-state index contributed by atoms with van der Waals surface area (Å²) in [6.07, 6.45) is 1.79. The summed E-state index contributed by atoms with van der Waals surface area (Å²) in [5.74, 6) is 1.00. The molecule has 1 aromatic carbocycles. The number of hydrogen-bond acceptors (Lipinski definition) is 3. The van der Waals surface area contributed by atoms with Crippen LogP contribution < -0.4 is 5.73 Å². The summed E-state index contributed by atoms with van der Waals surface area (Å²) in [5, 5.41) is 10.1. The minimum atomic E-state index is 0.138. The van der Waals surface area contributed by atoms with Crippen molar-refractivity contribution in [2.24, 2.45) is 5.73 Å². The van der Waals surface area contributed by atoms with Gasteiger partial charge in [0.1, 0.15) is 11.6 Å². The summed E-state index contributed by atoms with van der Waals surface area (Å²) in [4.78, 5) is 4.40. The van der Waals surface area contributed by atoms with Crippen LogP contribution in [0.15, 0.2) is 24.3 Å². The quantitative estimate of drug-likeness (QED) is 0.829. The molecule has 1 atom stereocenters. The molecule has 1 unspecified atom stereocenters. The average molecular weight is 264 g/mol. The molecular formula is C13H14ClN3O. The zero-order valence-electron chi connectivity index (χ0n) is 9.81. The smallest absolute Gasteiger partial charge is 0.150 e. The first-order chi connectivity index (χ1) is 8.65. The first kappa shape index (κ1) is 11.6. The summed E-state index contributed by atoms with van der Waals surface area (Å²) in [7, 11) is 0. The van der Waals surface area contributed by atoms with Crippen molar-refractivity contribution in [3.63, 3.8) is 0 Å². The average Bonchev–Trinajstić information content (AvgIpc) is 2.66. The van der Waals surface area contributed by atoms with E-state index in [2.05, 4.69) is 9.55 Å². The van der Waals surface area contributed by atoms with Gasteiger partial charge in [-0.25, -0.2) is 4.98 Å². The zero-order valence-corrected chi connectivity index (χ0v) is 10.6. The van der Waals surface area contributed by atoms with Crippen LogP contribution in [-0.4, -0.2) is 20.7 Å². The Morgan fingerprint density at radius 2 is 2.28 bits per heavy atom. The number of nitrogens with two attached hydrogens (primary N) is 1. The second kappa shape index (κ2) is 4.30. The lowest BCUT2D eigenvalue weighted by Gasteiger charge is -2.22. The number of hydrogen-bond donors (Lipinski definition) is 2. The lowest BCUT2D eigenvalue weighted by Crippen LogP contribution is -2.32. The van der Waals surface area contributed by atoms with Crippen molar-refractivity contribution in [1.82, 2.24) is 9.55 Å². The molecule has 3 N–H and O–H groups in total. The van der Waals surface area contributed by atoms with E-state index in [9.17, 15) is 5.11 Å². The number of phenols is 1. The van der Waals surface area contributed by atoms with Crippen molar-refractivity contribution in [3.05, 3.63) is 35.1 Å². The monoisotopic (exact) mass is 263 g/mol. The largest absolute Gasteiger partial charge is 0.508 e. The molecule has 1 aliphatic rings. The minimum Gasteiger partial charge on any atom is -0.508 e. The molecule has 94 valence electrons. The maximum absolute atomic E-state index is 9.54. The van der Waals surface area contributed by atoms with Gasteiger partial charge in [0.15, 0.2) is 5.15 Å². The Balaban J connectivity index is 2.13. The van der Waals surface area contributed by atoms with E-state index in [1.165, 1.54) is 0 Å². The van der Waals surface area contributed by atoms with Crippen molar-refractivity contribution < 1.29 is 5.11 Å². The number of aromatic hydroxyl groups is 1. The molecule has 2 heterocycles. The summed E-state index contributed by atoms with van der Waals surface area (Å²) < 4.78 is 2.06. The molecule has 1 aliphatic heterocycles. The molecule has 0 saturated carbocycles. The maximum atomic E-state index is 9.54. The Labute approximate surface area is 110 Å². The van der Waals surface area contributed by atoms with Crippen LogP contribution in [0, 0.1) is 0 Å². The maximum Gasteiger partial charge on any atom is 0.150 e. The van der Waals surface area contributed by atoms with Gasteiger partial charge in [-0.05, 0) is 25.0 Å². The molecule has 0 radical (unpaired) electrons. The number of halogens is 1. The molecule has 0 aliphatic carbocycles. The molecule has 5 heteroatoms. The highest BCUT2D eigenvalue weighted by molar-refractivity contribution is 6.30. The van der Waals surface area contributed by atoms with E-state index in [0.717, 1.165) is 36.5 Å². The molecule has 18 heavy (non-hydrogen) atoms. The van der Waals surface area contributed by atoms with E-state index in [0.29, 0.717) is 5.15 Å². The van der Waals surface area contributed by atoms with Crippen LogP contribution in [0.25, 0.3) is 11.4 Å². The van der Waals surface area contributed by atoms with Gasteiger partial charge in [-0.1, -0.05) is 23.7 Å². The van der Waals surface area contributed by atoms with E-state index in [1.807, 2.05) is 6.07 Å². The van der Waals surface area contributed by atoms with Gasteiger partial charge in [-0.2, -0.15) is 0 Å². The first-order valence-electron chi connectivity index (χ1n) is 5.95. The number of imidazole rings is 1. The third kappa shape index (κ3) is 1.87. The molecule has 0 spiro atoms. The van der Waals surface area contributed by atoms with E-state index < -0.39 is 0 Å². The number of phenolic OH excluding ortho intramolecular Hbond substituents is 1. The van der Waals surface area contributed by atoms with Gasteiger partial charge in [0.25, 0.3) is 0 Å². The number of aromatic nitrogens is 2. The fraction of sp³-hybridized carbons (Fsp3) is 0.308. The standard InChI is InChI=1S/C13H14ClN3O/c14-12-11-5-4-9(15)7-17(11)13(16-12)8-2-1-3-10(18)6-8/h1-3,6,9,18H,4-5,7,15H2. The van der Waals surface area contributed by atoms with E-state index in [4.69, 9.17) is 17.3 Å². The van der Waals surface area contributed by atoms with Crippen LogP contribution in [0.2, 0.25) is 5.15 Å². The second-order valence-electron chi connectivity index (χ2n) is 4.63. The van der Waals surface area contributed by atoms with Crippen molar-refractivity contribution in [2.75, 3.05) is 0 Å². The van der Waals surface area contributed by atoms with Gasteiger partial charge in [-0.15, -0.1) is 0 Å². The Morgan fingerprint density at radius 1 is 1.44 bits per heavy atom. The van der Waals surface area contributed by atoms with Crippen molar-refractivity contribution in [2.45, 2.75) is 25.4 Å². The molecule has 1 aromatic heterocycles. The number of benzene rings is 1. The Morgan fingerprint density at radius 3 is 3.06 bits per heavy atom. The summed E-state index contributed by atoms with van der Waals surface area (Å²) in [5.41, 5.74) is 7.89. The van der Waals surface area contributed by atoms with Crippen LogP contribution in [0.1, 0.15) is 12.1 Å². The Hall–Kier alpha value is -1.52. The predicted molar refractivity (Wildman–Crippen MR) is 70.6 cm³/mol. The number of nitrogens with zero attached hydrogens (tertiary/aromatic N) is 2. The Kier molecular flexibility index (Phi) is 2.76. The third-order valence-electron chi connectivity index (χ3n) is 3.30. The topological polar surface area (TPSA) is 64.1 Å². The highest BCUT2D eigenvalue weighted by Crippen LogP contribution is 2.30. The van der Waals surface area contributed by atoms with Gasteiger partial charge < -0.3 is 15.4 Å². The van der Waals surface area contributed by atoms with E-state index in [1.54, 1.807) is 18.2 Å². The van der Waals surface area contributed by atoms with Crippen LogP contribution in [0.5, 0.6) is 5.75 Å². The molecule has 0 saturated heterocycles. The van der Waals surface area contributed by atoms with Crippen LogP contribution in [-0.2, 0) is 13.0 Å². The van der Waals surface area contributed by atoms with Gasteiger partial charge in [0, 0.05) is 18.2 Å². The lowest BCUT2D eigenvalue weighted by atomic mass is 10.1. The molecule has 0 amide bonds. The number of fused-ring (bicyclic) bond motifs is 1. The highest BCUT2D eigenvalue weighted by Gasteiger charge is 2.23. The predicted octanol–water partition coefficient (Wildman–Crippen LogP) is 2.18. The van der Waals surface area contributed by atoms with Gasteiger partial charge in [0.05, 0.1) is 5.69 Å².